The Morgan fingerprint density at radius 3 is 2.37 bits per heavy atom. The van der Waals surface area contributed by atoms with E-state index in [4.69, 9.17) is 0 Å². The van der Waals surface area contributed by atoms with Gasteiger partial charge in [0.2, 0.25) is 5.91 Å². The van der Waals surface area contributed by atoms with Crippen molar-refractivity contribution in [1.29, 1.82) is 0 Å². The molecule has 158 valence electrons. The van der Waals surface area contributed by atoms with Gasteiger partial charge in [0, 0.05) is 39.4 Å². The second kappa shape index (κ2) is 9.34. The van der Waals surface area contributed by atoms with Crippen LogP contribution in [0.3, 0.4) is 0 Å². The summed E-state index contributed by atoms with van der Waals surface area (Å²) >= 11 is 1.31. The van der Waals surface area contributed by atoms with Gasteiger partial charge in [-0.05, 0) is 43.7 Å². The lowest BCUT2D eigenvalue weighted by Crippen LogP contribution is -2.29. The van der Waals surface area contributed by atoms with Gasteiger partial charge < -0.3 is 9.80 Å². The number of para-hydroxylation sites is 1. The van der Waals surface area contributed by atoms with Crippen molar-refractivity contribution in [3.05, 3.63) is 64.4 Å². The van der Waals surface area contributed by atoms with Gasteiger partial charge in [-0.3, -0.25) is 14.2 Å². The Kier molecular flexibility index (Phi) is 6.82. The molecule has 1 amide bonds. The van der Waals surface area contributed by atoms with Crippen LogP contribution in [0, 0.1) is 0 Å². The minimum atomic E-state index is -0.0696. The molecule has 0 N–H and O–H groups in total. The summed E-state index contributed by atoms with van der Waals surface area (Å²) in [5.74, 6) is 0.221. The summed E-state index contributed by atoms with van der Waals surface area (Å²) in [5, 5.41) is 1.17. The largest absolute Gasteiger partial charge is 0.378 e. The standard InChI is InChI=1S/C23H28N4O2S/c1-16(2)27-22(29)19-8-6-7-9-20(19)24-23(27)30-15-21(28)26(5)14-17-10-12-18(13-11-17)25(3)4/h6-13,16H,14-15H2,1-5H3. The molecule has 30 heavy (non-hydrogen) atoms. The molecule has 0 radical (unpaired) electrons. The maximum absolute atomic E-state index is 12.9. The highest BCUT2D eigenvalue weighted by molar-refractivity contribution is 7.99. The van der Waals surface area contributed by atoms with Crippen LogP contribution in [0.25, 0.3) is 10.9 Å². The highest BCUT2D eigenvalue weighted by Crippen LogP contribution is 2.21. The van der Waals surface area contributed by atoms with Crippen LogP contribution in [0.4, 0.5) is 5.69 Å². The number of hydrogen-bond acceptors (Lipinski definition) is 5. The molecule has 0 saturated heterocycles. The van der Waals surface area contributed by atoms with Gasteiger partial charge in [-0.2, -0.15) is 0 Å². The molecule has 0 spiro atoms. The fourth-order valence-corrected chi connectivity index (χ4v) is 4.25. The van der Waals surface area contributed by atoms with Gasteiger partial charge in [-0.1, -0.05) is 36.0 Å². The minimum Gasteiger partial charge on any atom is -0.378 e. The van der Waals surface area contributed by atoms with E-state index in [0.717, 1.165) is 11.3 Å². The lowest BCUT2D eigenvalue weighted by atomic mass is 10.2. The minimum absolute atomic E-state index is 0.00519. The van der Waals surface area contributed by atoms with Gasteiger partial charge in [-0.25, -0.2) is 4.98 Å². The maximum Gasteiger partial charge on any atom is 0.262 e. The number of carbonyl (C=O) groups excluding carboxylic acids is 1. The second-order valence-electron chi connectivity index (χ2n) is 7.78. The van der Waals surface area contributed by atoms with E-state index in [9.17, 15) is 9.59 Å². The normalized spacial score (nSPS) is 11.1. The maximum atomic E-state index is 12.9. The van der Waals surface area contributed by atoms with Crippen molar-refractivity contribution >= 4 is 34.3 Å². The van der Waals surface area contributed by atoms with Crippen molar-refractivity contribution < 1.29 is 4.79 Å². The lowest BCUT2D eigenvalue weighted by molar-refractivity contribution is -0.127. The number of carbonyl (C=O) groups is 1. The van der Waals surface area contributed by atoms with Gasteiger partial charge in [0.1, 0.15) is 0 Å². The van der Waals surface area contributed by atoms with Crippen LogP contribution in [0.15, 0.2) is 58.5 Å². The number of amides is 1. The van der Waals surface area contributed by atoms with Crippen molar-refractivity contribution in [1.82, 2.24) is 14.5 Å². The number of nitrogens with zero attached hydrogens (tertiary/aromatic N) is 4. The average Bonchev–Trinajstić information content (AvgIpc) is 2.72. The summed E-state index contributed by atoms with van der Waals surface area (Å²) in [5.41, 5.74) is 2.78. The molecule has 0 aliphatic carbocycles. The number of anilines is 1. The Bertz CT molecular complexity index is 1090. The zero-order chi connectivity index (χ0) is 21.8. The topological polar surface area (TPSA) is 58.4 Å². The fourth-order valence-electron chi connectivity index (χ4n) is 3.18. The smallest absolute Gasteiger partial charge is 0.262 e. The van der Waals surface area contributed by atoms with E-state index in [2.05, 4.69) is 4.98 Å². The fraction of sp³-hybridized carbons (Fsp3) is 0.348. The predicted octanol–water partition coefficient (Wildman–Crippen LogP) is 3.79. The SMILES string of the molecule is CC(C)n1c(SCC(=O)N(C)Cc2ccc(N(C)C)cc2)nc2ccccc2c1=O. The summed E-state index contributed by atoms with van der Waals surface area (Å²) in [7, 11) is 5.80. The van der Waals surface area contributed by atoms with E-state index < -0.39 is 0 Å². The first-order valence-electron chi connectivity index (χ1n) is 9.92. The van der Waals surface area contributed by atoms with Gasteiger partial charge in [0.05, 0.1) is 16.7 Å². The highest BCUT2D eigenvalue weighted by atomic mass is 32.2. The van der Waals surface area contributed by atoms with E-state index in [-0.39, 0.29) is 23.3 Å². The number of rotatable bonds is 7. The molecule has 0 saturated carbocycles. The van der Waals surface area contributed by atoms with Crippen LogP contribution in [-0.4, -0.2) is 47.3 Å². The first-order valence-corrected chi connectivity index (χ1v) is 10.9. The van der Waals surface area contributed by atoms with Crippen LogP contribution < -0.4 is 10.5 Å². The Labute approximate surface area is 181 Å². The van der Waals surface area contributed by atoms with Crippen molar-refractivity contribution in [2.24, 2.45) is 0 Å². The van der Waals surface area contributed by atoms with E-state index in [1.165, 1.54) is 11.8 Å². The third-order valence-electron chi connectivity index (χ3n) is 4.91. The zero-order valence-corrected chi connectivity index (χ0v) is 18.9. The Morgan fingerprint density at radius 2 is 1.73 bits per heavy atom. The first kappa shape index (κ1) is 21.9. The Balaban J connectivity index is 1.72. The summed E-state index contributed by atoms with van der Waals surface area (Å²) < 4.78 is 1.67. The summed E-state index contributed by atoms with van der Waals surface area (Å²) in [6, 6.07) is 15.4. The second-order valence-corrected chi connectivity index (χ2v) is 8.72. The molecule has 1 heterocycles. The molecule has 7 heteroatoms. The number of hydrogen-bond donors (Lipinski definition) is 0. The van der Waals surface area contributed by atoms with Gasteiger partial charge in [0.15, 0.2) is 5.16 Å². The lowest BCUT2D eigenvalue weighted by Gasteiger charge is -2.19. The number of fused-ring (bicyclic) bond motifs is 1. The molecule has 0 unspecified atom stereocenters. The molecule has 0 bridgehead atoms. The average molecular weight is 425 g/mol. The molecule has 6 nitrogen and oxygen atoms in total. The van der Waals surface area contributed by atoms with Crippen molar-refractivity contribution in [3.8, 4) is 0 Å². The van der Waals surface area contributed by atoms with E-state index in [0.29, 0.717) is 22.6 Å². The Hall–Kier alpha value is -2.80. The summed E-state index contributed by atoms with van der Waals surface area (Å²) in [6.45, 7) is 4.44. The van der Waals surface area contributed by atoms with Crippen LogP contribution in [0.2, 0.25) is 0 Å². The molecule has 0 atom stereocenters. The first-order chi connectivity index (χ1) is 14.3. The highest BCUT2D eigenvalue weighted by Gasteiger charge is 2.17. The molecular formula is C23H28N4O2S. The number of benzene rings is 2. The number of aromatic nitrogens is 2. The summed E-state index contributed by atoms with van der Waals surface area (Å²) in [6.07, 6.45) is 0. The number of thioether (sulfide) groups is 1. The van der Waals surface area contributed by atoms with Crippen LogP contribution in [0.5, 0.6) is 0 Å². The molecule has 2 aromatic carbocycles. The Morgan fingerprint density at radius 1 is 1.07 bits per heavy atom. The van der Waals surface area contributed by atoms with Crippen LogP contribution in [0.1, 0.15) is 25.5 Å². The van der Waals surface area contributed by atoms with Gasteiger partial charge in [0.25, 0.3) is 5.56 Å². The summed E-state index contributed by atoms with van der Waals surface area (Å²) in [4.78, 5) is 34.0. The van der Waals surface area contributed by atoms with Crippen LogP contribution >= 0.6 is 11.8 Å². The van der Waals surface area contributed by atoms with Gasteiger partial charge >= 0.3 is 0 Å². The molecule has 1 aromatic heterocycles. The third-order valence-corrected chi connectivity index (χ3v) is 5.85. The monoisotopic (exact) mass is 424 g/mol. The van der Waals surface area contributed by atoms with Crippen molar-refractivity contribution in [2.75, 3.05) is 31.8 Å². The quantitative estimate of drug-likeness (QED) is 0.427. The van der Waals surface area contributed by atoms with Gasteiger partial charge in [-0.15, -0.1) is 0 Å². The van der Waals surface area contributed by atoms with Crippen LogP contribution in [-0.2, 0) is 11.3 Å². The molecular weight excluding hydrogens is 396 g/mol. The van der Waals surface area contributed by atoms with Crippen molar-refractivity contribution in [3.63, 3.8) is 0 Å². The van der Waals surface area contributed by atoms with Crippen molar-refractivity contribution in [2.45, 2.75) is 31.6 Å². The molecule has 0 aliphatic rings. The van der Waals surface area contributed by atoms with E-state index in [1.54, 1.807) is 22.6 Å². The third kappa shape index (κ3) is 4.84. The zero-order valence-electron chi connectivity index (χ0n) is 18.1. The molecule has 0 aliphatic heterocycles. The molecule has 0 fully saturated rings. The van der Waals surface area contributed by atoms with E-state index in [1.807, 2.05) is 75.3 Å². The predicted molar refractivity (Wildman–Crippen MR) is 124 cm³/mol. The van der Waals surface area contributed by atoms with E-state index >= 15 is 0 Å². The molecule has 3 rings (SSSR count). The molecule has 3 aromatic rings.